The highest BCUT2D eigenvalue weighted by molar-refractivity contribution is 7.12. The van der Waals surface area contributed by atoms with Crippen LogP contribution in [0.4, 0.5) is 0 Å². The number of hydrogen-bond acceptors (Lipinski definition) is 6. The Balaban J connectivity index is 1.42. The fourth-order valence-electron chi connectivity index (χ4n) is 4.42. The number of nitrogens with zero attached hydrogens (tertiary/aromatic N) is 4. The van der Waals surface area contributed by atoms with Gasteiger partial charge in [0.1, 0.15) is 0 Å². The molecule has 1 aromatic carbocycles. The average molecular weight is 460 g/mol. The number of carbonyl (C=O) groups excluding carboxylic acids is 1. The molecule has 0 saturated carbocycles. The van der Waals surface area contributed by atoms with Gasteiger partial charge in [-0.1, -0.05) is 24.3 Å². The molecule has 0 radical (unpaired) electrons. The Kier molecular flexibility index (Phi) is 5.78. The van der Waals surface area contributed by atoms with E-state index in [1.807, 2.05) is 18.2 Å². The molecule has 4 aromatic rings. The first-order chi connectivity index (χ1) is 16.0. The number of ether oxygens (including phenoxy) is 1. The van der Waals surface area contributed by atoms with Crippen LogP contribution in [0.5, 0.6) is 0 Å². The van der Waals surface area contributed by atoms with Gasteiger partial charge in [0.05, 0.1) is 29.8 Å². The number of hydrogen-bond donors (Lipinski definition) is 1. The second-order valence-electron chi connectivity index (χ2n) is 8.27. The minimum Gasteiger partial charge on any atom is -0.378 e. The molecule has 0 saturated heterocycles. The van der Waals surface area contributed by atoms with Crippen LogP contribution in [-0.2, 0) is 24.2 Å². The first-order valence-electron chi connectivity index (χ1n) is 10.9. The zero-order valence-corrected chi connectivity index (χ0v) is 19.6. The first-order valence-corrected chi connectivity index (χ1v) is 11.7. The molecule has 1 N–H and O–H groups in total. The number of fused-ring (bicyclic) bond motifs is 1. The number of benzene rings is 1. The molecule has 0 atom stereocenters. The van der Waals surface area contributed by atoms with Crippen LogP contribution in [0.1, 0.15) is 36.9 Å². The van der Waals surface area contributed by atoms with Crippen molar-refractivity contribution >= 4 is 17.2 Å². The van der Waals surface area contributed by atoms with E-state index < -0.39 is 0 Å². The molecule has 1 amide bonds. The Bertz CT molecular complexity index is 1300. The third-order valence-corrected chi connectivity index (χ3v) is 6.90. The van der Waals surface area contributed by atoms with Gasteiger partial charge in [-0.2, -0.15) is 9.78 Å². The number of aromatic nitrogens is 4. The van der Waals surface area contributed by atoms with Crippen molar-refractivity contribution in [2.24, 2.45) is 0 Å². The molecular formula is C25H25N5O2S. The number of methoxy groups -OCH3 is 1. The smallest absolute Gasteiger partial charge is 0.255 e. The number of nitrogens with one attached hydrogen (secondary N) is 1. The number of thiophene rings is 1. The maximum Gasteiger partial charge on any atom is 0.255 e. The van der Waals surface area contributed by atoms with Gasteiger partial charge in [-0.25, -0.2) is 9.97 Å². The van der Waals surface area contributed by atoms with Gasteiger partial charge in [-0.3, -0.25) is 4.79 Å². The highest BCUT2D eigenvalue weighted by Crippen LogP contribution is 2.29. The molecule has 0 aliphatic heterocycles. The zero-order valence-electron chi connectivity index (χ0n) is 18.8. The summed E-state index contributed by atoms with van der Waals surface area (Å²) in [6.07, 6.45) is 4.96. The van der Waals surface area contributed by atoms with E-state index in [-0.39, 0.29) is 18.6 Å². The lowest BCUT2D eigenvalue weighted by Gasteiger charge is -2.13. The van der Waals surface area contributed by atoms with Gasteiger partial charge in [0.15, 0.2) is 0 Å². The number of rotatable bonds is 6. The second-order valence-corrected chi connectivity index (χ2v) is 9.73. The summed E-state index contributed by atoms with van der Waals surface area (Å²) in [6, 6.07) is 12.4. The fraction of sp³-hybridized carbons (Fsp3) is 0.280. The Morgan fingerprint density at radius 1 is 1.21 bits per heavy atom. The van der Waals surface area contributed by atoms with Crippen molar-refractivity contribution in [1.82, 2.24) is 25.1 Å². The summed E-state index contributed by atoms with van der Waals surface area (Å²) >= 11 is 1.74. The molecule has 8 heteroatoms. The molecule has 0 fully saturated rings. The molecule has 1 aliphatic carbocycles. The van der Waals surface area contributed by atoms with Gasteiger partial charge in [-0.05, 0) is 49.9 Å². The highest BCUT2D eigenvalue weighted by atomic mass is 32.1. The second kappa shape index (κ2) is 8.88. The minimum absolute atomic E-state index is 0.0676. The highest BCUT2D eigenvalue weighted by Gasteiger charge is 2.26. The normalized spacial score (nSPS) is 13.3. The maximum absolute atomic E-state index is 13.2. The molecule has 0 spiro atoms. The SMILES string of the molecule is COCc1c(C(=O)NC2Cc3ccccc3C2)cnn1-c1nccc(-c2cc(C)sc2C)n1. The molecule has 7 nitrogen and oxygen atoms in total. The van der Waals surface area contributed by atoms with Crippen molar-refractivity contribution in [1.29, 1.82) is 0 Å². The maximum atomic E-state index is 13.2. The molecular weight excluding hydrogens is 434 g/mol. The van der Waals surface area contributed by atoms with Crippen LogP contribution in [0.25, 0.3) is 17.2 Å². The summed E-state index contributed by atoms with van der Waals surface area (Å²) in [5, 5.41) is 7.62. The summed E-state index contributed by atoms with van der Waals surface area (Å²) < 4.78 is 7.00. The Labute approximate surface area is 196 Å². The van der Waals surface area contributed by atoms with E-state index in [1.54, 1.807) is 35.5 Å². The molecule has 168 valence electrons. The van der Waals surface area contributed by atoms with E-state index in [4.69, 9.17) is 9.72 Å². The molecule has 0 bridgehead atoms. The van der Waals surface area contributed by atoms with Crippen LogP contribution < -0.4 is 5.32 Å². The summed E-state index contributed by atoms with van der Waals surface area (Å²) in [4.78, 5) is 24.8. The van der Waals surface area contributed by atoms with Crippen molar-refractivity contribution in [2.45, 2.75) is 39.3 Å². The van der Waals surface area contributed by atoms with Crippen LogP contribution in [0.15, 0.2) is 48.8 Å². The monoisotopic (exact) mass is 459 g/mol. The van der Waals surface area contributed by atoms with Gasteiger partial charge in [0, 0.05) is 34.7 Å². The van der Waals surface area contributed by atoms with Crippen molar-refractivity contribution < 1.29 is 9.53 Å². The van der Waals surface area contributed by atoms with Crippen molar-refractivity contribution in [2.75, 3.05) is 7.11 Å². The lowest BCUT2D eigenvalue weighted by Crippen LogP contribution is -2.35. The van der Waals surface area contributed by atoms with Gasteiger partial charge in [-0.15, -0.1) is 11.3 Å². The molecule has 3 heterocycles. The van der Waals surface area contributed by atoms with Crippen LogP contribution in [0.2, 0.25) is 0 Å². The average Bonchev–Trinajstić information content (AvgIpc) is 3.50. The Morgan fingerprint density at radius 3 is 2.64 bits per heavy atom. The van der Waals surface area contributed by atoms with Crippen LogP contribution in [0.3, 0.4) is 0 Å². The van der Waals surface area contributed by atoms with Gasteiger partial charge in [0.2, 0.25) is 0 Å². The molecule has 5 rings (SSSR count). The summed E-state index contributed by atoms with van der Waals surface area (Å²) in [6.45, 7) is 4.39. The van der Waals surface area contributed by atoms with E-state index in [0.29, 0.717) is 17.2 Å². The van der Waals surface area contributed by atoms with E-state index in [1.165, 1.54) is 20.9 Å². The van der Waals surface area contributed by atoms with Gasteiger partial charge >= 0.3 is 0 Å². The van der Waals surface area contributed by atoms with Crippen molar-refractivity contribution in [3.8, 4) is 17.2 Å². The van der Waals surface area contributed by atoms with E-state index in [9.17, 15) is 4.79 Å². The first kappa shape index (κ1) is 21.5. The largest absolute Gasteiger partial charge is 0.378 e. The standard InChI is InChI=1S/C25H25N5O2S/c1-15-10-20(16(2)33-15)22-8-9-26-25(29-22)30-23(14-32-3)21(13-27-30)24(31)28-19-11-17-6-4-5-7-18(17)12-19/h4-10,13,19H,11-12,14H2,1-3H3,(H,28,31). The van der Waals surface area contributed by atoms with E-state index >= 15 is 0 Å². The topological polar surface area (TPSA) is 81.9 Å². The van der Waals surface area contributed by atoms with E-state index in [2.05, 4.69) is 47.4 Å². The summed E-state index contributed by atoms with van der Waals surface area (Å²) in [5.74, 6) is 0.252. The zero-order chi connectivity index (χ0) is 22.9. The van der Waals surface area contributed by atoms with Crippen molar-refractivity contribution in [3.05, 3.63) is 80.9 Å². The Hall–Kier alpha value is -3.36. The molecule has 3 aromatic heterocycles. The van der Waals surface area contributed by atoms with Crippen LogP contribution in [0, 0.1) is 13.8 Å². The van der Waals surface area contributed by atoms with Crippen molar-refractivity contribution in [3.63, 3.8) is 0 Å². The predicted octanol–water partition coefficient (Wildman–Crippen LogP) is 4.05. The van der Waals surface area contributed by atoms with E-state index in [0.717, 1.165) is 24.1 Å². The number of aryl methyl sites for hydroxylation is 2. The minimum atomic E-state index is -0.161. The van der Waals surface area contributed by atoms with Crippen LogP contribution >= 0.6 is 11.3 Å². The molecule has 33 heavy (non-hydrogen) atoms. The molecule has 1 aliphatic rings. The lowest BCUT2D eigenvalue weighted by molar-refractivity contribution is 0.0933. The molecule has 0 unspecified atom stereocenters. The van der Waals surface area contributed by atoms with Gasteiger partial charge in [0.25, 0.3) is 11.9 Å². The van der Waals surface area contributed by atoms with Crippen LogP contribution in [-0.4, -0.2) is 38.8 Å². The third kappa shape index (κ3) is 4.19. The van der Waals surface area contributed by atoms with Gasteiger partial charge < -0.3 is 10.1 Å². The number of carbonyl (C=O) groups is 1. The quantitative estimate of drug-likeness (QED) is 0.470. The fourth-order valence-corrected chi connectivity index (χ4v) is 5.35. The summed E-state index contributed by atoms with van der Waals surface area (Å²) in [5.41, 5.74) is 5.60. The lowest BCUT2D eigenvalue weighted by atomic mass is 10.1. The number of amides is 1. The third-order valence-electron chi connectivity index (χ3n) is 5.93. The Morgan fingerprint density at radius 2 is 1.97 bits per heavy atom. The predicted molar refractivity (Wildman–Crippen MR) is 128 cm³/mol. The summed E-state index contributed by atoms with van der Waals surface area (Å²) in [7, 11) is 1.60.